The van der Waals surface area contributed by atoms with E-state index in [1.54, 1.807) is 49.4 Å². The van der Waals surface area contributed by atoms with Gasteiger partial charge in [0.05, 0.1) is 33.5 Å². The second kappa shape index (κ2) is 8.03. The summed E-state index contributed by atoms with van der Waals surface area (Å²) in [5.74, 6) is -1.57. The van der Waals surface area contributed by atoms with E-state index in [9.17, 15) is 19.2 Å². The van der Waals surface area contributed by atoms with Crippen molar-refractivity contribution in [1.82, 2.24) is 9.88 Å². The summed E-state index contributed by atoms with van der Waals surface area (Å²) in [6.45, 7) is 2.00. The molecule has 152 valence electrons. The summed E-state index contributed by atoms with van der Waals surface area (Å²) in [4.78, 5) is 54.3. The smallest absolute Gasteiger partial charge is 0.338 e. The Hall–Kier alpha value is -3.59. The predicted octanol–water partition coefficient (Wildman–Crippen LogP) is 3.10. The third-order valence-corrected chi connectivity index (χ3v) is 5.52. The lowest BCUT2D eigenvalue weighted by atomic mass is 10.1. The maximum Gasteiger partial charge on any atom is 0.338 e. The number of nitrogens with one attached hydrogen (secondary N) is 1. The van der Waals surface area contributed by atoms with Gasteiger partial charge in [-0.2, -0.15) is 0 Å². The number of hydrogen-bond donors (Lipinski definition) is 1. The van der Waals surface area contributed by atoms with Crippen molar-refractivity contribution >= 4 is 50.4 Å². The van der Waals surface area contributed by atoms with Crippen molar-refractivity contribution in [2.45, 2.75) is 13.3 Å². The first-order valence-corrected chi connectivity index (χ1v) is 10.1. The van der Waals surface area contributed by atoms with Gasteiger partial charge in [-0.1, -0.05) is 23.5 Å². The zero-order valence-electron chi connectivity index (χ0n) is 16.0. The first-order chi connectivity index (χ1) is 14.5. The molecule has 30 heavy (non-hydrogen) atoms. The van der Waals surface area contributed by atoms with Crippen LogP contribution in [0.4, 0.5) is 5.13 Å². The van der Waals surface area contributed by atoms with E-state index in [0.717, 1.165) is 9.60 Å². The minimum atomic E-state index is -0.417. The van der Waals surface area contributed by atoms with E-state index in [1.807, 2.05) is 0 Å². The molecule has 3 aromatic rings. The molecule has 0 fully saturated rings. The van der Waals surface area contributed by atoms with Crippen LogP contribution in [0, 0.1) is 0 Å². The highest BCUT2D eigenvalue weighted by atomic mass is 32.1. The molecule has 1 N–H and O–H groups in total. The third kappa shape index (κ3) is 3.67. The third-order valence-electron chi connectivity index (χ3n) is 4.59. The van der Waals surface area contributed by atoms with E-state index >= 15 is 0 Å². The first kappa shape index (κ1) is 19.7. The van der Waals surface area contributed by atoms with Crippen LogP contribution in [0.2, 0.25) is 0 Å². The Morgan fingerprint density at radius 2 is 1.80 bits per heavy atom. The molecule has 0 saturated heterocycles. The van der Waals surface area contributed by atoms with Gasteiger partial charge in [-0.25, -0.2) is 9.78 Å². The summed E-state index contributed by atoms with van der Waals surface area (Å²) in [6.07, 6.45) is -0.0462. The van der Waals surface area contributed by atoms with Gasteiger partial charge in [0.2, 0.25) is 5.91 Å². The molecule has 0 atom stereocenters. The number of imide groups is 1. The molecule has 8 nitrogen and oxygen atoms in total. The molecular formula is C21H17N3O5S. The highest BCUT2D eigenvalue weighted by Crippen LogP contribution is 2.27. The molecule has 1 aromatic heterocycles. The molecule has 0 aliphatic carbocycles. The van der Waals surface area contributed by atoms with Gasteiger partial charge in [0.1, 0.15) is 0 Å². The van der Waals surface area contributed by atoms with Crippen molar-refractivity contribution < 1.29 is 23.9 Å². The Kier molecular flexibility index (Phi) is 5.28. The van der Waals surface area contributed by atoms with Gasteiger partial charge in [-0.15, -0.1) is 0 Å². The maximum absolute atomic E-state index is 12.4. The average molecular weight is 423 g/mol. The predicted molar refractivity (Wildman–Crippen MR) is 111 cm³/mol. The second-order valence-corrected chi connectivity index (χ2v) is 7.56. The van der Waals surface area contributed by atoms with Crippen LogP contribution < -0.4 is 5.32 Å². The van der Waals surface area contributed by atoms with Crippen molar-refractivity contribution in [3.63, 3.8) is 0 Å². The summed E-state index contributed by atoms with van der Waals surface area (Å²) in [7, 11) is 0. The largest absolute Gasteiger partial charge is 0.462 e. The molecule has 0 bridgehead atoms. The molecule has 2 aromatic carbocycles. The van der Waals surface area contributed by atoms with Gasteiger partial charge in [-0.05, 0) is 37.3 Å². The Morgan fingerprint density at radius 1 is 1.10 bits per heavy atom. The number of hydrogen-bond acceptors (Lipinski definition) is 7. The Morgan fingerprint density at radius 3 is 2.47 bits per heavy atom. The summed E-state index contributed by atoms with van der Waals surface area (Å²) in [5, 5.41) is 3.06. The summed E-state index contributed by atoms with van der Waals surface area (Å²) in [6, 6.07) is 11.6. The molecule has 0 unspecified atom stereocenters. The Bertz CT molecular complexity index is 1150. The standard InChI is InChI=1S/C21H17N3O5S/c1-2-29-20(28)12-7-8-15-16(11-12)30-21(22-15)23-17(25)9-10-24-18(26)13-5-3-4-6-14(13)19(24)27/h3-8,11H,2,9-10H2,1H3,(H,22,23,25). The van der Waals surface area contributed by atoms with Gasteiger partial charge >= 0.3 is 5.97 Å². The number of benzene rings is 2. The summed E-state index contributed by atoms with van der Waals surface area (Å²) >= 11 is 1.23. The lowest BCUT2D eigenvalue weighted by molar-refractivity contribution is -0.116. The van der Waals surface area contributed by atoms with Crippen molar-refractivity contribution in [1.29, 1.82) is 0 Å². The van der Waals surface area contributed by atoms with E-state index < -0.39 is 17.8 Å². The number of carbonyl (C=O) groups excluding carboxylic acids is 4. The number of thiazole rings is 1. The lowest BCUT2D eigenvalue weighted by Crippen LogP contribution is -2.32. The van der Waals surface area contributed by atoms with E-state index in [-0.39, 0.29) is 25.5 Å². The number of carbonyl (C=O) groups is 4. The number of nitrogens with zero attached hydrogens (tertiary/aromatic N) is 2. The number of esters is 1. The van der Waals surface area contributed by atoms with Gasteiger partial charge in [-0.3, -0.25) is 19.3 Å². The molecule has 9 heteroatoms. The molecule has 0 saturated carbocycles. The van der Waals surface area contributed by atoms with E-state index in [4.69, 9.17) is 4.74 Å². The number of ether oxygens (including phenoxy) is 1. The molecule has 0 spiro atoms. The molecule has 3 amide bonds. The monoisotopic (exact) mass is 423 g/mol. The van der Waals surface area contributed by atoms with Crippen molar-refractivity contribution in [2.75, 3.05) is 18.5 Å². The van der Waals surface area contributed by atoms with Gasteiger partial charge < -0.3 is 10.1 Å². The highest BCUT2D eigenvalue weighted by Gasteiger charge is 2.35. The van der Waals surface area contributed by atoms with Crippen LogP contribution in [0.15, 0.2) is 42.5 Å². The van der Waals surface area contributed by atoms with E-state index in [1.165, 1.54) is 11.3 Å². The van der Waals surface area contributed by atoms with E-state index in [2.05, 4.69) is 10.3 Å². The summed E-state index contributed by atoms with van der Waals surface area (Å²) in [5.41, 5.74) is 1.76. The number of aromatic nitrogens is 1. The Labute approximate surface area is 175 Å². The van der Waals surface area contributed by atoms with Gasteiger partial charge in [0.15, 0.2) is 5.13 Å². The Balaban J connectivity index is 1.40. The van der Waals surface area contributed by atoms with Crippen LogP contribution in [0.1, 0.15) is 44.4 Å². The number of anilines is 1. The lowest BCUT2D eigenvalue weighted by Gasteiger charge is -2.12. The van der Waals surface area contributed by atoms with E-state index in [0.29, 0.717) is 27.3 Å². The minimum absolute atomic E-state index is 0.0178. The second-order valence-electron chi connectivity index (χ2n) is 6.53. The molecular weight excluding hydrogens is 406 g/mol. The van der Waals surface area contributed by atoms with Crippen LogP contribution >= 0.6 is 11.3 Å². The molecule has 1 aliphatic rings. The zero-order valence-corrected chi connectivity index (χ0v) is 16.8. The van der Waals surface area contributed by atoms with Gasteiger partial charge in [0.25, 0.3) is 11.8 Å². The number of amides is 3. The van der Waals surface area contributed by atoms with Crippen LogP contribution in [0.5, 0.6) is 0 Å². The van der Waals surface area contributed by atoms with Crippen LogP contribution in [0.25, 0.3) is 10.2 Å². The van der Waals surface area contributed by atoms with Crippen LogP contribution in [-0.4, -0.2) is 46.7 Å². The molecule has 1 aliphatic heterocycles. The summed E-state index contributed by atoms with van der Waals surface area (Å²) < 4.78 is 5.72. The topological polar surface area (TPSA) is 106 Å². The van der Waals surface area contributed by atoms with Crippen molar-refractivity contribution in [3.05, 3.63) is 59.2 Å². The average Bonchev–Trinajstić information content (AvgIpc) is 3.24. The minimum Gasteiger partial charge on any atom is -0.462 e. The van der Waals surface area contributed by atoms with Crippen molar-refractivity contribution in [2.24, 2.45) is 0 Å². The van der Waals surface area contributed by atoms with Crippen LogP contribution in [0.3, 0.4) is 0 Å². The SMILES string of the molecule is CCOC(=O)c1ccc2nc(NC(=O)CCN3C(=O)c4ccccc4C3=O)sc2c1. The number of fused-ring (bicyclic) bond motifs is 2. The fraction of sp³-hybridized carbons (Fsp3) is 0.190. The fourth-order valence-electron chi connectivity index (χ4n) is 3.16. The molecule has 0 radical (unpaired) electrons. The highest BCUT2D eigenvalue weighted by molar-refractivity contribution is 7.22. The quantitative estimate of drug-likeness (QED) is 0.482. The van der Waals surface area contributed by atoms with Gasteiger partial charge in [0, 0.05) is 13.0 Å². The van der Waals surface area contributed by atoms with Crippen LogP contribution in [-0.2, 0) is 9.53 Å². The number of rotatable bonds is 6. The maximum atomic E-state index is 12.4. The zero-order chi connectivity index (χ0) is 21.3. The fourth-order valence-corrected chi connectivity index (χ4v) is 4.08. The molecule has 4 rings (SSSR count). The molecule has 2 heterocycles. The first-order valence-electron chi connectivity index (χ1n) is 9.30. The van der Waals surface area contributed by atoms with Crippen molar-refractivity contribution in [3.8, 4) is 0 Å². The normalized spacial score (nSPS) is 12.9.